The Balaban J connectivity index is 1.58. The number of likely N-dealkylation sites (tertiary alicyclic amines) is 1. The third kappa shape index (κ3) is 2.67. The molecule has 1 saturated heterocycles. The fourth-order valence-electron chi connectivity index (χ4n) is 4.07. The summed E-state index contributed by atoms with van der Waals surface area (Å²) in [5.74, 6) is 1.89. The molecule has 1 fully saturated rings. The van der Waals surface area contributed by atoms with Crippen LogP contribution in [0.25, 0.3) is 0 Å². The van der Waals surface area contributed by atoms with Gasteiger partial charge in [-0.25, -0.2) is 0 Å². The Hall–Kier alpha value is -2.33. The predicted octanol–water partition coefficient (Wildman–Crippen LogP) is 2.65. The largest absolute Gasteiger partial charge is 0.496 e. The molecule has 1 amide bonds. The first-order chi connectivity index (χ1) is 11.8. The van der Waals surface area contributed by atoms with Crippen LogP contribution in [0.1, 0.15) is 27.4 Å². The maximum absolute atomic E-state index is 12.3. The molecular formula is C20H22N2O2. The summed E-state index contributed by atoms with van der Waals surface area (Å²) < 4.78 is 5.48. The van der Waals surface area contributed by atoms with Crippen molar-refractivity contribution in [3.63, 3.8) is 0 Å². The van der Waals surface area contributed by atoms with Crippen molar-refractivity contribution in [2.45, 2.75) is 12.5 Å². The van der Waals surface area contributed by atoms with E-state index in [1.807, 2.05) is 30.3 Å². The Kier molecular flexibility index (Phi) is 3.98. The molecule has 2 aromatic rings. The van der Waals surface area contributed by atoms with Crippen molar-refractivity contribution in [2.75, 3.05) is 26.7 Å². The standard InChI is InChI=1S/C20H22N2O2/c1-24-19-9-5-2-6-14(19)11-22-12-15-10-21-20(23)17-8-4-3-7-16(17)18(15)13-22/h2-9,15,18H,10-13H2,1H3,(H,21,23). The van der Waals surface area contributed by atoms with Crippen molar-refractivity contribution >= 4 is 5.91 Å². The number of carbonyl (C=O) groups is 1. The summed E-state index contributed by atoms with van der Waals surface area (Å²) in [5.41, 5.74) is 3.25. The lowest BCUT2D eigenvalue weighted by Gasteiger charge is -2.18. The molecule has 0 bridgehead atoms. The third-order valence-corrected chi connectivity index (χ3v) is 5.23. The molecule has 2 aliphatic rings. The number of nitrogens with one attached hydrogen (secondary N) is 1. The molecule has 2 atom stereocenters. The van der Waals surface area contributed by atoms with Crippen LogP contribution in [0.5, 0.6) is 5.75 Å². The molecular weight excluding hydrogens is 300 g/mol. The van der Waals surface area contributed by atoms with Crippen LogP contribution in [0.15, 0.2) is 48.5 Å². The van der Waals surface area contributed by atoms with E-state index in [-0.39, 0.29) is 5.91 Å². The summed E-state index contributed by atoms with van der Waals surface area (Å²) in [5, 5.41) is 3.09. The minimum atomic E-state index is 0.0660. The van der Waals surface area contributed by atoms with E-state index in [1.54, 1.807) is 7.11 Å². The van der Waals surface area contributed by atoms with Crippen LogP contribution in [-0.4, -0.2) is 37.6 Å². The zero-order valence-electron chi connectivity index (χ0n) is 13.9. The van der Waals surface area contributed by atoms with Crippen molar-refractivity contribution < 1.29 is 9.53 Å². The van der Waals surface area contributed by atoms with Crippen LogP contribution in [0.2, 0.25) is 0 Å². The second-order valence-electron chi connectivity index (χ2n) is 6.67. The zero-order valence-corrected chi connectivity index (χ0v) is 13.9. The molecule has 124 valence electrons. The van der Waals surface area contributed by atoms with Gasteiger partial charge in [-0.2, -0.15) is 0 Å². The van der Waals surface area contributed by atoms with Gasteiger partial charge in [-0.15, -0.1) is 0 Å². The van der Waals surface area contributed by atoms with Gasteiger partial charge in [0.25, 0.3) is 5.91 Å². The maximum Gasteiger partial charge on any atom is 0.251 e. The normalized spacial score (nSPS) is 23.1. The lowest BCUT2D eigenvalue weighted by molar-refractivity contribution is 0.0951. The van der Waals surface area contributed by atoms with Crippen LogP contribution in [-0.2, 0) is 6.54 Å². The Morgan fingerprint density at radius 1 is 1.12 bits per heavy atom. The van der Waals surface area contributed by atoms with Crippen molar-refractivity contribution in [3.8, 4) is 5.75 Å². The molecule has 2 aliphatic heterocycles. The Morgan fingerprint density at radius 2 is 1.92 bits per heavy atom. The van der Waals surface area contributed by atoms with Gasteiger partial charge in [0.1, 0.15) is 5.75 Å². The van der Waals surface area contributed by atoms with Gasteiger partial charge in [-0.1, -0.05) is 36.4 Å². The molecule has 2 heterocycles. The van der Waals surface area contributed by atoms with E-state index in [0.29, 0.717) is 11.8 Å². The molecule has 0 aliphatic carbocycles. The SMILES string of the molecule is COc1ccccc1CN1CC2CNC(=O)c3ccccc3C2C1. The number of amides is 1. The lowest BCUT2D eigenvalue weighted by atomic mass is 9.87. The average molecular weight is 322 g/mol. The number of carbonyl (C=O) groups excluding carboxylic acids is 1. The summed E-state index contributed by atoms with van der Waals surface area (Å²) in [6.07, 6.45) is 0. The quantitative estimate of drug-likeness (QED) is 0.944. The molecule has 4 rings (SSSR count). The first kappa shape index (κ1) is 15.2. The number of hydrogen-bond acceptors (Lipinski definition) is 3. The summed E-state index contributed by atoms with van der Waals surface area (Å²) in [6.45, 7) is 3.61. The van der Waals surface area contributed by atoms with Gasteiger partial charge >= 0.3 is 0 Å². The van der Waals surface area contributed by atoms with Gasteiger partial charge in [0.05, 0.1) is 7.11 Å². The molecule has 2 unspecified atom stereocenters. The number of para-hydroxylation sites is 1. The monoisotopic (exact) mass is 322 g/mol. The highest BCUT2D eigenvalue weighted by Gasteiger charge is 2.37. The average Bonchev–Trinajstić information content (AvgIpc) is 2.97. The Morgan fingerprint density at radius 3 is 2.79 bits per heavy atom. The summed E-state index contributed by atoms with van der Waals surface area (Å²) in [7, 11) is 1.72. The summed E-state index contributed by atoms with van der Waals surface area (Å²) >= 11 is 0. The van der Waals surface area contributed by atoms with E-state index in [4.69, 9.17) is 4.74 Å². The van der Waals surface area contributed by atoms with Crippen molar-refractivity contribution in [3.05, 3.63) is 65.2 Å². The Labute approximate surface area is 142 Å². The second-order valence-corrected chi connectivity index (χ2v) is 6.67. The van der Waals surface area contributed by atoms with E-state index >= 15 is 0 Å². The van der Waals surface area contributed by atoms with Gasteiger partial charge in [0.2, 0.25) is 0 Å². The summed E-state index contributed by atoms with van der Waals surface area (Å²) in [6, 6.07) is 16.2. The molecule has 1 N–H and O–H groups in total. The smallest absolute Gasteiger partial charge is 0.251 e. The number of nitrogens with zero attached hydrogens (tertiary/aromatic N) is 1. The van der Waals surface area contributed by atoms with Gasteiger partial charge < -0.3 is 10.1 Å². The van der Waals surface area contributed by atoms with E-state index in [0.717, 1.165) is 37.5 Å². The van der Waals surface area contributed by atoms with Crippen molar-refractivity contribution in [2.24, 2.45) is 5.92 Å². The number of ether oxygens (including phenoxy) is 1. The molecule has 0 spiro atoms. The predicted molar refractivity (Wildman–Crippen MR) is 93.3 cm³/mol. The molecule has 24 heavy (non-hydrogen) atoms. The van der Waals surface area contributed by atoms with Gasteiger partial charge in [-0.05, 0) is 23.6 Å². The van der Waals surface area contributed by atoms with Crippen LogP contribution in [0, 0.1) is 5.92 Å². The van der Waals surface area contributed by atoms with E-state index in [9.17, 15) is 4.79 Å². The minimum Gasteiger partial charge on any atom is -0.496 e. The molecule has 4 heteroatoms. The number of hydrogen-bond donors (Lipinski definition) is 1. The lowest BCUT2D eigenvalue weighted by Crippen LogP contribution is -2.29. The Bertz CT molecular complexity index is 759. The maximum atomic E-state index is 12.3. The highest BCUT2D eigenvalue weighted by atomic mass is 16.5. The molecule has 4 nitrogen and oxygen atoms in total. The molecule has 2 aromatic carbocycles. The van der Waals surface area contributed by atoms with Crippen LogP contribution in [0.4, 0.5) is 0 Å². The van der Waals surface area contributed by atoms with E-state index in [2.05, 4.69) is 28.4 Å². The second kappa shape index (κ2) is 6.29. The van der Waals surface area contributed by atoms with Crippen LogP contribution < -0.4 is 10.1 Å². The summed E-state index contributed by atoms with van der Waals surface area (Å²) in [4.78, 5) is 14.7. The number of rotatable bonds is 3. The fraction of sp³-hybridized carbons (Fsp3) is 0.350. The van der Waals surface area contributed by atoms with Crippen LogP contribution in [0.3, 0.4) is 0 Å². The third-order valence-electron chi connectivity index (χ3n) is 5.23. The zero-order chi connectivity index (χ0) is 16.5. The highest BCUT2D eigenvalue weighted by Crippen LogP contribution is 2.37. The first-order valence-electron chi connectivity index (χ1n) is 8.47. The molecule has 0 saturated carbocycles. The van der Waals surface area contributed by atoms with Gasteiger partial charge in [-0.3, -0.25) is 9.69 Å². The van der Waals surface area contributed by atoms with Crippen molar-refractivity contribution in [1.29, 1.82) is 0 Å². The fourth-order valence-corrected chi connectivity index (χ4v) is 4.07. The molecule has 0 aromatic heterocycles. The van der Waals surface area contributed by atoms with Gasteiger partial charge in [0.15, 0.2) is 0 Å². The minimum absolute atomic E-state index is 0.0660. The van der Waals surface area contributed by atoms with Crippen LogP contribution >= 0.6 is 0 Å². The number of benzene rings is 2. The number of fused-ring (bicyclic) bond motifs is 3. The van der Waals surface area contributed by atoms with E-state index < -0.39 is 0 Å². The van der Waals surface area contributed by atoms with Gasteiger partial charge in [0, 0.05) is 43.2 Å². The number of methoxy groups -OCH3 is 1. The van der Waals surface area contributed by atoms with E-state index in [1.165, 1.54) is 11.1 Å². The van der Waals surface area contributed by atoms with Crippen molar-refractivity contribution in [1.82, 2.24) is 10.2 Å². The molecule has 0 radical (unpaired) electrons. The first-order valence-corrected chi connectivity index (χ1v) is 8.47. The topological polar surface area (TPSA) is 41.6 Å². The highest BCUT2D eigenvalue weighted by molar-refractivity contribution is 5.96.